The predicted molar refractivity (Wildman–Crippen MR) is 48.0 cm³/mol. The molecule has 0 unspecified atom stereocenters. The van der Waals surface area contributed by atoms with Crippen LogP contribution in [0.4, 0.5) is 0 Å². The van der Waals surface area contributed by atoms with E-state index in [0.29, 0.717) is 6.42 Å². The Morgan fingerprint density at radius 3 is 2.55 bits per heavy atom. The SMILES string of the molecule is CC/C=C/C/C=C/CCC#N. The predicted octanol–water partition coefficient (Wildman–Crippen LogP) is 3.20. The Morgan fingerprint density at radius 1 is 1.18 bits per heavy atom. The topological polar surface area (TPSA) is 23.8 Å². The molecule has 0 atom stereocenters. The number of hydrogen-bond donors (Lipinski definition) is 0. The Morgan fingerprint density at radius 2 is 1.91 bits per heavy atom. The molecular weight excluding hydrogens is 134 g/mol. The molecule has 0 aliphatic heterocycles. The lowest BCUT2D eigenvalue weighted by Gasteiger charge is -1.82. The first kappa shape index (κ1) is 9.97. The van der Waals surface area contributed by atoms with Crippen LogP contribution < -0.4 is 0 Å². The Bertz CT molecular complexity index is 160. The number of rotatable bonds is 5. The third-order valence-corrected chi connectivity index (χ3v) is 1.26. The molecule has 1 nitrogen and oxygen atoms in total. The van der Waals surface area contributed by atoms with Gasteiger partial charge in [-0.25, -0.2) is 0 Å². The molecule has 0 saturated heterocycles. The molecule has 0 rings (SSSR count). The number of hydrogen-bond acceptors (Lipinski definition) is 1. The van der Waals surface area contributed by atoms with Crippen LogP contribution in [0.1, 0.15) is 32.6 Å². The summed E-state index contributed by atoms with van der Waals surface area (Å²) in [6, 6.07) is 2.10. The van der Waals surface area contributed by atoms with E-state index in [4.69, 9.17) is 5.26 Å². The van der Waals surface area contributed by atoms with E-state index in [1.54, 1.807) is 0 Å². The Balaban J connectivity index is 3.17. The second kappa shape index (κ2) is 8.97. The van der Waals surface area contributed by atoms with Crippen LogP contribution in [0, 0.1) is 11.3 Å². The minimum atomic E-state index is 0.633. The first-order chi connectivity index (χ1) is 5.41. The highest BCUT2D eigenvalue weighted by Crippen LogP contribution is 1.92. The summed E-state index contributed by atoms with van der Waals surface area (Å²) in [5, 5.41) is 8.21. The van der Waals surface area contributed by atoms with Gasteiger partial charge in [0.1, 0.15) is 0 Å². The lowest BCUT2D eigenvalue weighted by molar-refractivity contribution is 1.05. The van der Waals surface area contributed by atoms with Crippen molar-refractivity contribution in [2.75, 3.05) is 0 Å². The molecule has 0 fully saturated rings. The van der Waals surface area contributed by atoms with Gasteiger partial charge in [0.15, 0.2) is 0 Å². The van der Waals surface area contributed by atoms with E-state index in [2.05, 4.69) is 37.3 Å². The van der Waals surface area contributed by atoms with E-state index in [0.717, 1.165) is 19.3 Å². The molecule has 0 aromatic heterocycles. The molecule has 0 saturated carbocycles. The summed E-state index contributed by atoms with van der Waals surface area (Å²) in [5.74, 6) is 0. The van der Waals surface area contributed by atoms with Crippen LogP contribution in [0.25, 0.3) is 0 Å². The zero-order valence-corrected chi connectivity index (χ0v) is 7.09. The number of nitrogens with zero attached hydrogens (tertiary/aromatic N) is 1. The van der Waals surface area contributed by atoms with E-state index in [1.165, 1.54) is 0 Å². The molecule has 0 aliphatic carbocycles. The van der Waals surface area contributed by atoms with E-state index < -0.39 is 0 Å². The lowest BCUT2D eigenvalue weighted by Crippen LogP contribution is -1.64. The molecule has 11 heavy (non-hydrogen) atoms. The van der Waals surface area contributed by atoms with E-state index >= 15 is 0 Å². The molecular formula is C10H15N. The van der Waals surface area contributed by atoms with Gasteiger partial charge in [-0.15, -0.1) is 0 Å². The molecule has 0 aromatic carbocycles. The minimum absolute atomic E-state index is 0.633. The maximum atomic E-state index is 8.21. The number of unbranched alkanes of at least 4 members (excludes halogenated alkanes) is 1. The van der Waals surface area contributed by atoms with Crippen molar-refractivity contribution in [2.45, 2.75) is 32.6 Å². The molecule has 0 bridgehead atoms. The monoisotopic (exact) mass is 149 g/mol. The van der Waals surface area contributed by atoms with Gasteiger partial charge in [0, 0.05) is 6.42 Å². The smallest absolute Gasteiger partial charge is 0.0624 e. The van der Waals surface area contributed by atoms with Crippen molar-refractivity contribution < 1.29 is 0 Å². The molecule has 0 heterocycles. The summed E-state index contributed by atoms with van der Waals surface area (Å²) in [7, 11) is 0. The second-order valence-electron chi connectivity index (χ2n) is 2.28. The molecule has 0 spiro atoms. The fourth-order valence-electron chi connectivity index (χ4n) is 0.703. The molecule has 0 radical (unpaired) electrons. The van der Waals surface area contributed by atoms with Crippen molar-refractivity contribution in [1.82, 2.24) is 0 Å². The number of allylic oxidation sites excluding steroid dienone is 4. The Hall–Kier alpha value is -1.03. The van der Waals surface area contributed by atoms with Crippen LogP contribution in [0.15, 0.2) is 24.3 Å². The van der Waals surface area contributed by atoms with Gasteiger partial charge in [0.05, 0.1) is 6.07 Å². The third kappa shape index (κ3) is 8.97. The van der Waals surface area contributed by atoms with Crippen molar-refractivity contribution in [1.29, 1.82) is 5.26 Å². The van der Waals surface area contributed by atoms with Crippen molar-refractivity contribution in [3.63, 3.8) is 0 Å². The summed E-state index contributed by atoms with van der Waals surface area (Å²) >= 11 is 0. The van der Waals surface area contributed by atoms with Gasteiger partial charge in [0.2, 0.25) is 0 Å². The summed E-state index contributed by atoms with van der Waals surface area (Å²) in [4.78, 5) is 0. The van der Waals surface area contributed by atoms with Crippen molar-refractivity contribution >= 4 is 0 Å². The lowest BCUT2D eigenvalue weighted by atomic mass is 10.2. The largest absolute Gasteiger partial charge is 0.198 e. The third-order valence-electron chi connectivity index (χ3n) is 1.26. The van der Waals surface area contributed by atoms with Gasteiger partial charge in [-0.3, -0.25) is 0 Å². The minimum Gasteiger partial charge on any atom is -0.198 e. The van der Waals surface area contributed by atoms with Crippen molar-refractivity contribution in [2.24, 2.45) is 0 Å². The van der Waals surface area contributed by atoms with Gasteiger partial charge < -0.3 is 0 Å². The van der Waals surface area contributed by atoms with Crippen LogP contribution >= 0.6 is 0 Å². The maximum absolute atomic E-state index is 8.21. The normalized spacial score (nSPS) is 10.9. The van der Waals surface area contributed by atoms with Crippen molar-refractivity contribution in [3.05, 3.63) is 24.3 Å². The molecule has 0 amide bonds. The van der Waals surface area contributed by atoms with Crippen LogP contribution in [-0.2, 0) is 0 Å². The first-order valence-corrected chi connectivity index (χ1v) is 4.08. The van der Waals surface area contributed by atoms with Gasteiger partial charge in [-0.2, -0.15) is 5.26 Å². The van der Waals surface area contributed by atoms with E-state index in [-0.39, 0.29) is 0 Å². The molecule has 0 aliphatic rings. The zero-order chi connectivity index (χ0) is 8.36. The van der Waals surface area contributed by atoms with Crippen molar-refractivity contribution in [3.8, 4) is 6.07 Å². The summed E-state index contributed by atoms with van der Waals surface area (Å²) in [5.41, 5.74) is 0. The molecule has 1 heteroatoms. The van der Waals surface area contributed by atoms with Crippen LogP contribution in [0.5, 0.6) is 0 Å². The van der Waals surface area contributed by atoms with Gasteiger partial charge >= 0.3 is 0 Å². The highest BCUT2D eigenvalue weighted by Gasteiger charge is 1.75. The maximum Gasteiger partial charge on any atom is 0.0624 e. The van der Waals surface area contributed by atoms with Crippen LogP contribution in [-0.4, -0.2) is 0 Å². The molecule has 0 N–H and O–H groups in total. The fraction of sp³-hybridized carbons (Fsp3) is 0.500. The molecule has 60 valence electrons. The average Bonchev–Trinajstić information content (AvgIpc) is 2.03. The quantitative estimate of drug-likeness (QED) is 0.435. The van der Waals surface area contributed by atoms with E-state index in [1.807, 2.05) is 0 Å². The van der Waals surface area contributed by atoms with Crippen LogP contribution in [0.3, 0.4) is 0 Å². The highest BCUT2D eigenvalue weighted by atomic mass is 14.2. The highest BCUT2D eigenvalue weighted by molar-refractivity contribution is 4.93. The Kier molecular flexibility index (Phi) is 8.13. The molecule has 0 aromatic rings. The second-order valence-corrected chi connectivity index (χ2v) is 2.28. The first-order valence-electron chi connectivity index (χ1n) is 4.08. The number of nitriles is 1. The zero-order valence-electron chi connectivity index (χ0n) is 7.09. The average molecular weight is 149 g/mol. The van der Waals surface area contributed by atoms with Gasteiger partial charge in [-0.1, -0.05) is 31.2 Å². The van der Waals surface area contributed by atoms with Gasteiger partial charge in [0.25, 0.3) is 0 Å². The fourth-order valence-corrected chi connectivity index (χ4v) is 0.703. The van der Waals surface area contributed by atoms with E-state index in [9.17, 15) is 0 Å². The summed E-state index contributed by atoms with van der Waals surface area (Å²) in [6.07, 6.45) is 12.1. The van der Waals surface area contributed by atoms with Crippen LogP contribution in [0.2, 0.25) is 0 Å². The van der Waals surface area contributed by atoms with Gasteiger partial charge in [-0.05, 0) is 19.3 Å². The standard InChI is InChI=1S/C10H15N/c1-2-3-4-5-6-7-8-9-10-11/h3-4,6-7H,2,5,8-9H2,1H3/b4-3+,7-6+. The summed E-state index contributed by atoms with van der Waals surface area (Å²) in [6.45, 7) is 2.12. The Labute approximate surface area is 69.0 Å². The summed E-state index contributed by atoms with van der Waals surface area (Å²) < 4.78 is 0.